The number of furan rings is 1. The van der Waals surface area contributed by atoms with Gasteiger partial charge < -0.3 is 9.73 Å². The summed E-state index contributed by atoms with van der Waals surface area (Å²) in [6.45, 7) is 5.30. The SMILES string of the molecule is CNCc1c(C)oc(C)c1S(=O)(=O)N1CCCCCCC1. The van der Waals surface area contributed by atoms with Crippen LogP contribution in [0.2, 0.25) is 0 Å². The predicted octanol–water partition coefficient (Wildman–Crippen LogP) is 2.57. The summed E-state index contributed by atoms with van der Waals surface area (Å²) in [5, 5.41) is 3.03. The highest BCUT2D eigenvalue weighted by Crippen LogP contribution is 2.30. The van der Waals surface area contributed by atoms with Crippen LogP contribution in [0.4, 0.5) is 0 Å². The summed E-state index contributed by atoms with van der Waals surface area (Å²) in [5.74, 6) is 1.19. The Morgan fingerprint density at radius 3 is 2.19 bits per heavy atom. The third-order valence-corrected chi connectivity index (χ3v) is 6.19. The lowest BCUT2D eigenvalue weighted by molar-refractivity contribution is 0.363. The first kappa shape index (κ1) is 16.5. The molecule has 2 heterocycles. The molecule has 120 valence electrons. The van der Waals surface area contributed by atoms with E-state index in [-0.39, 0.29) is 0 Å². The second-order valence-electron chi connectivity index (χ2n) is 5.72. The maximum atomic E-state index is 13.0. The van der Waals surface area contributed by atoms with E-state index in [1.54, 1.807) is 11.2 Å². The summed E-state index contributed by atoms with van der Waals surface area (Å²) < 4.78 is 33.3. The fraction of sp³-hybridized carbons (Fsp3) is 0.733. The van der Waals surface area contributed by atoms with E-state index in [1.165, 1.54) is 6.42 Å². The number of nitrogens with one attached hydrogen (secondary N) is 1. The van der Waals surface area contributed by atoms with Crippen molar-refractivity contribution in [3.8, 4) is 0 Å². The number of nitrogens with zero attached hydrogens (tertiary/aromatic N) is 1. The van der Waals surface area contributed by atoms with Gasteiger partial charge >= 0.3 is 0 Å². The molecule has 0 saturated carbocycles. The van der Waals surface area contributed by atoms with Gasteiger partial charge in [0.25, 0.3) is 0 Å². The Labute approximate surface area is 127 Å². The van der Waals surface area contributed by atoms with Gasteiger partial charge in [0.1, 0.15) is 16.4 Å². The van der Waals surface area contributed by atoms with Gasteiger partial charge in [-0.25, -0.2) is 8.42 Å². The van der Waals surface area contributed by atoms with Crippen molar-refractivity contribution in [2.24, 2.45) is 0 Å². The van der Waals surface area contributed by atoms with Gasteiger partial charge in [-0.05, 0) is 33.7 Å². The Bertz CT molecular complexity index is 570. The maximum absolute atomic E-state index is 13.0. The van der Waals surface area contributed by atoms with Crippen LogP contribution >= 0.6 is 0 Å². The van der Waals surface area contributed by atoms with Crippen LogP contribution in [0.25, 0.3) is 0 Å². The van der Waals surface area contributed by atoms with Crippen LogP contribution in [0.15, 0.2) is 9.31 Å². The minimum Gasteiger partial charge on any atom is -0.465 e. The van der Waals surface area contributed by atoms with Gasteiger partial charge in [-0.1, -0.05) is 19.3 Å². The third-order valence-electron chi connectivity index (χ3n) is 4.09. The lowest BCUT2D eigenvalue weighted by Gasteiger charge is -2.24. The standard InChI is InChI=1S/C15H26N2O3S/c1-12-14(11-16-3)15(13(2)20-12)21(18,19)17-9-7-5-4-6-8-10-17/h16H,4-11H2,1-3H3. The van der Waals surface area contributed by atoms with Gasteiger partial charge in [-0.15, -0.1) is 0 Å². The molecular formula is C15H26N2O3S. The highest BCUT2D eigenvalue weighted by molar-refractivity contribution is 7.89. The summed E-state index contributed by atoms with van der Waals surface area (Å²) in [6, 6.07) is 0. The van der Waals surface area contributed by atoms with Crippen molar-refractivity contribution in [2.75, 3.05) is 20.1 Å². The Hall–Kier alpha value is -0.850. The van der Waals surface area contributed by atoms with Crippen LogP contribution in [-0.2, 0) is 16.6 Å². The van der Waals surface area contributed by atoms with E-state index in [1.807, 2.05) is 14.0 Å². The number of rotatable bonds is 4. The zero-order valence-corrected chi connectivity index (χ0v) is 14.1. The summed E-state index contributed by atoms with van der Waals surface area (Å²) >= 11 is 0. The Kier molecular flexibility index (Phi) is 5.46. The third kappa shape index (κ3) is 3.49. The fourth-order valence-electron chi connectivity index (χ4n) is 3.02. The zero-order chi connectivity index (χ0) is 15.5. The van der Waals surface area contributed by atoms with Crippen LogP contribution in [0.5, 0.6) is 0 Å². The molecule has 0 radical (unpaired) electrons. The molecule has 1 saturated heterocycles. The van der Waals surface area contributed by atoms with Crippen LogP contribution in [-0.4, -0.2) is 32.9 Å². The van der Waals surface area contributed by atoms with Crippen LogP contribution in [0.1, 0.15) is 49.2 Å². The largest absolute Gasteiger partial charge is 0.465 e. The minimum atomic E-state index is -3.46. The predicted molar refractivity (Wildman–Crippen MR) is 82.8 cm³/mol. The smallest absolute Gasteiger partial charge is 0.246 e. The molecule has 1 aliphatic heterocycles. The zero-order valence-electron chi connectivity index (χ0n) is 13.2. The summed E-state index contributed by atoms with van der Waals surface area (Å²) in [4.78, 5) is 0.370. The molecule has 1 N–H and O–H groups in total. The molecule has 0 aliphatic carbocycles. The normalized spacial score (nSPS) is 18.4. The van der Waals surface area contributed by atoms with Gasteiger partial charge in [-0.2, -0.15) is 4.31 Å². The van der Waals surface area contributed by atoms with E-state index in [9.17, 15) is 8.42 Å². The molecule has 1 aliphatic rings. The molecule has 2 rings (SSSR count). The van der Waals surface area contributed by atoms with Crippen LogP contribution < -0.4 is 5.32 Å². The Balaban J connectivity index is 2.38. The molecule has 6 heteroatoms. The van der Waals surface area contributed by atoms with E-state index in [4.69, 9.17) is 4.42 Å². The number of aryl methyl sites for hydroxylation is 2. The Morgan fingerprint density at radius 2 is 1.62 bits per heavy atom. The molecule has 0 spiro atoms. The Morgan fingerprint density at radius 1 is 1.05 bits per heavy atom. The highest BCUT2D eigenvalue weighted by Gasteiger charge is 2.32. The average molecular weight is 314 g/mol. The van der Waals surface area contributed by atoms with Gasteiger partial charge in [0.2, 0.25) is 10.0 Å². The van der Waals surface area contributed by atoms with Crippen molar-refractivity contribution in [1.82, 2.24) is 9.62 Å². The quantitative estimate of drug-likeness (QED) is 0.928. The molecule has 0 aromatic carbocycles. The van der Waals surface area contributed by atoms with Crippen LogP contribution in [0, 0.1) is 13.8 Å². The minimum absolute atomic E-state index is 0.370. The number of hydrogen-bond donors (Lipinski definition) is 1. The molecule has 0 unspecified atom stereocenters. The molecular weight excluding hydrogens is 288 g/mol. The second-order valence-corrected chi connectivity index (χ2v) is 7.60. The van der Waals surface area contributed by atoms with E-state index < -0.39 is 10.0 Å². The summed E-state index contributed by atoms with van der Waals surface area (Å²) in [6.07, 6.45) is 5.31. The van der Waals surface area contributed by atoms with Gasteiger partial charge in [-0.3, -0.25) is 0 Å². The number of sulfonamides is 1. The van der Waals surface area contributed by atoms with Crippen molar-refractivity contribution in [3.05, 3.63) is 17.1 Å². The maximum Gasteiger partial charge on any atom is 0.246 e. The number of hydrogen-bond acceptors (Lipinski definition) is 4. The van der Waals surface area contributed by atoms with E-state index >= 15 is 0 Å². The molecule has 1 aromatic rings. The van der Waals surface area contributed by atoms with Crippen molar-refractivity contribution in [2.45, 2.75) is 57.4 Å². The van der Waals surface area contributed by atoms with Gasteiger partial charge in [0.05, 0.1) is 0 Å². The molecule has 0 bridgehead atoms. The van der Waals surface area contributed by atoms with Gasteiger partial charge in [0, 0.05) is 25.2 Å². The lowest BCUT2D eigenvalue weighted by Crippen LogP contribution is -2.34. The lowest BCUT2D eigenvalue weighted by atomic mass is 10.1. The van der Waals surface area contributed by atoms with E-state index in [0.717, 1.165) is 31.2 Å². The second kappa shape index (κ2) is 6.94. The first-order valence-corrected chi connectivity index (χ1v) is 9.16. The van der Waals surface area contributed by atoms with E-state index in [2.05, 4.69) is 5.32 Å². The van der Waals surface area contributed by atoms with E-state index in [0.29, 0.717) is 36.1 Å². The monoisotopic (exact) mass is 314 g/mol. The molecule has 21 heavy (non-hydrogen) atoms. The molecule has 1 fully saturated rings. The molecule has 1 aromatic heterocycles. The fourth-order valence-corrected chi connectivity index (χ4v) is 4.95. The molecule has 0 atom stereocenters. The first-order valence-electron chi connectivity index (χ1n) is 7.72. The highest BCUT2D eigenvalue weighted by atomic mass is 32.2. The van der Waals surface area contributed by atoms with Crippen molar-refractivity contribution in [1.29, 1.82) is 0 Å². The van der Waals surface area contributed by atoms with Gasteiger partial charge in [0.15, 0.2) is 0 Å². The topological polar surface area (TPSA) is 62.6 Å². The average Bonchev–Trinajstić information content (AvgIpc) is 2.64. The van der Waals surface area contributed by atoms with Crippen molar-refractivity contribution >= 4 is 10.0 Å². The van der Waals surface area contributed by atoms with Crippen molar-refractivity contribution < 1.29 is 12.8 Å². The van der Waals surface area contributed by atoms with Crippen LogP contribution in [0.3, 0.4) is 0 Å². The molecule has 5 nitrogen and oxygen atoms in total. The van der Waals surface area contributed by atoms with Crippen molar-refractivity contribution in [3.63, 3.8) is 0 Å². The first-order chi connectivity index (χ1) is 9.98. The molecule has 0 amide bonds. The summed E-state index contributed by atoms with van der Waals surface area (Å²) in [7, 11) is -1.65. The summed E-state index contributed by atoms with van der Waals surface area (Å²) in [5.41, 5.74) is 0.761.